The summed E-state index contributed by atoms with van der Waals surface area (Å²) in [4.78, 5) is 4.27. The van der Waals surface area contributed by atoms with E-state index >= 15 is 0 Å². The highest BCUT2D eigenvalue weighted by Crippen LogP contribution is 2.29. The molecule has 1 aliphatic heterocycles. The van der Waals surface area contributed by atoms with Crippen molar-refractivity contribution in [2.24, 2.45) is 4.99 Å². The third-order valence-electron chi connectivity index (χ3n) is 2.14. The van der Waals surface area contributed by atoms with Gasteiger partial charge in [0, 0.05) is 6.54 Å². The molecule has 0 aromatic heterocycles. The molecule has 0 unspecified atom stereocenters. The Labute approximate surface area is 111 Å². The Morgan fingerprint density at radius 1 is 1.38 bits per heavy atom. The zero-order valence-electron chi connectivity index (χ0n) is 8.46. The Kier molecular flexibility index (Phi) is 5.19. The number of nitrogens with zero attached hydrogens (tertiary/aromatic N) is 1. The number of rotatable bonds is 3. The van der Waals surface area contributed by atoms with Gasteiger partial charge in [-0.2, -0.15) is 0 Å². The Morgan fingerprint density at radius 3 is 2.88 bits per heavy atom. The Bertz CT molecular complexity index is 393. The molecule has 0 spiro atoms. The summed E-state index contributed by atoms with van der Waals surface area (Å²) in [6, 6.07) is 5.52. The largest absolute Gasteiger partial charge is 0.377 e. The second kappa shape index (κ2) is 6.18. The molecule has 88 valence electrons. The number of nitrogens with one attached hydrogen (secondary N) is 2. The summed E-state index contributed by atoms with van der Waals surface area (Å²) in [7, 11) is 0. The van der Waals surface area contributed by atoms with Crippen LogP contribution in [-0.4, -0.2) is 25.5 Å². The van der Waals surface area contributed by atoms with E-state index in [2.05, 4.69) is 15.6 Å². The SMILES string of the molecule is Cl.Clc1cccc(NCC2=NCCN2)c1Cl. The molecule has 0 saturated heterocycles. The van der Waals surface area contributed by atoms with Crippen LogP contribution in [0.5, 0.6) is 0 Å². The fourth-order valence-electron chi connectivity index (χ4n) is 1.38. The van der Waals surface area contributed by atoms with E-state index in [1.165, 1.54) is 0 Å². The number of hydrogen-bond acceptors (Lipinski definition) is 3. The standard InChI is InChI=1S/C10H11Cl2N3.ClH/c11-7-2-1-3-8(10(7)12)15-6-9-13-4-5-14-9;/h1-3,15H,4-6H2,(H,13,14);1H. The Morgan fingerprint density at radius 2 is 2.19 bits per heavy atom. The van der Waals surface area contributed by atoms with Crippen molar-refractivity contribution in [1.82, 2.24) is 5.32 Å². The molecule has 6 heteroatoms. The van der Waals surface area contributed by atoms with Crippen LogP contribution in [0.3, 0.4) is 0 Å². The van der Waals surface area contributed by atoms with E-state index < -0.39 is 0 Å². The molecule has 1 aromatic rings. The van der Waals surface area contributed by atoms with Gasteiger partial charge in [0.25, 0.3) is 0 Å². The van der Waals surface area contributed by atoms with E-state index in [0.29, 0.717) is 16.6 Å². The first-order valence-corrected chi connectivity index (χ1v) is 5.48. The van der Waals surface area contributed by atoms with Crippen LogP contribution >= 0.6 is 35.6 Å². The van der Waals surface area contributed by atoms with Gasteiger partial charge in [0.15, 0.2) is 0 Å². The van der Waals surface area contributed by atoms with Crippen LogP contribution in [0.2, 0.25) is 10.0 Å². The van der Waals surface area contributed by atoms with Crippen molar-refractivity contribution >= 4 is 47.1 Å². The lowest BCUT2D eigenvalue weighted by atomic mass is 10.3. The van der Waals surface area contributed by atoms with Gasteiger partial charge in [0.1, 0.15) is 5.84 Å². The van der Waals surface area contributed by atoms with Gasteiger partial charge in [-0.15, -0.1) is 12.4 Å². The summed E-state index contributed by atoms with van der Waals surface area (Å²) in [6.07, 6.45) is 0. The minimum absolute atomic E-state index is 0. The number of hydrogen-bond donors (Lipinski definition) is 2. The van der Waals surface area contributed by atoms with Crippen LogP contribution < -0.4 is 10.6 Å². The molecule has 0 fully saturated rings. The van der Waals surface area contributed by atoms with Crippen molar-refractivity contribution in [3.63, 3.8) is 0 Å². The molecule has 0 amide bonds. The van der Waals surface area contributed by atoms with Crippen LogP contribution in [0.25, 0.3) is 0 Å². The second-order valence-corrected chi connectivity index (χ2v) is 4.00. The second-order valence-electron chi connectivity index (χ2n) is 3.21. The predicted molar refractivity (Wildman–Crippen MR) is 72.5 cm³/mol. The zero-order valence-corrected chi connectivity index (χ0v) is 10.8. The van der Waals surface area contributed by atoms with Crippen molar-refractivity contribution in [1.29, 1.82) is 0 Å². The average Bonchev–Trinajstić information content (AvgIpc) is 2.73. The maximum Gasteiger partial charge on any atom is 0.116 e. The molecule has 0 saturated carbocycles. The third-order valence-corrected chi connectivity index (χ3v) is 2.96. The molecule has 16 heavy (non-hydrogen) atoms. The average molecular weight is 281 g/mol. The summed E-state index contributed by atoms with van der Waals surface area (Å²) < 4.78 is 0. The molecule has 1 aromatic carbocycles. The first-order valence-electron chi connectivity index (χ1n) is 4.72. The van der Waals surface area contributed by atoms with Crippen molar-refractivity contribution in [2.75, 3.05) is 25.0 Å². The smallest absolute Gasteiger partial charge is 0.116 e. The monoisotopic (exact) mass is 279 g/mol. The Balaban J connectivity index is 0.00000128. The third kappa shape index (κ3) is 3.17. The molecule has 0 radical (unpaired) electrons. The van der Waals surface area contributed by atoms with E-state index in [-0.39, 0.29) is 12.4 Å². The predicted octanol–water partition coefficient (Wildman–Crippen LogP) is 2.83. The van der Waals surface area contributed by atoms with Gasteiger partial charge in [-0.3, -0.25) is 4.99 Å². The molecule has 0 bridgehead atoms. The van der Waals surface area contributed by atoms with Crippen molar-refractivity contribution in [3.8, 4) is 0 Å². The summed E-state index contributed by atoms with van der Waals surface area (Å²) >= 11 is 11.9. The lowest BCUT2D eigenvalue weighted by Gasteiger charge is -2.09. The van der Waals surface area contributed by atoms with E-state index in [9.17, 15) is 0 Å². The lowest BCUT2D eigenvalue weighted by Crippen LogP contribution is -2.26. The van der Waals surface area contributed by atoms with Crippen molar-refractivity contribution < 1.29 is 0 Å². The summed E-state index contributed by atoms with van der Waals surface area (Å²) in [5, 5.41) is 7.47. The molecule has 3 nitrogen and oxygen atoms in total. The van der Waals surface area contributed by atoms with E-state index in [4.69, 9.17) is 23.2 Å². The highest BCUT2D eigenvalue weighted by molar-refractivity contribution is 6.43. The summed E-state index contributed by atoms with van der Waals surface area (Å²) in [5.41, 5.74) is 0.834. The van der Waals surface area contributed by atoms with E-state index in [0.717, 1.165) is 24.6 Å². The maximum absolute atomic E-state index is 6.02. The maximum atomic E-state index is 6.02. The van der Waals surface area contributed by atoms with Crippen molar-refractivity contribution in [2.45, 2.75) is 0 Å². The van der Waals surface area contributed by atoms with Crippen LogP contribution in [-0.2, 0) is 0 Å². The van der Waals surface area contributed by atoms with E-state index in [1.54, 1.807) is 6.07 Å². The quantitative estimate of drug-likeness (QED) is 0.893. The summed E-state index contributed by atoms with van der Waals surface area (Å²) in [6.45, 7) is 2.42. The lowest BCUT2D eigenvalue weighted by molar-refractivity contribution is 0.956. The molecule has 0 aliphatic carbocycles. The number of anilines is 1. The highest BCUT2D eigenvalue weighted by atomic mass is 35.5. The van der Waals surface area contributed by atoms with Crippen LogP contribution in [0.15, 0.2) is 23.2 Å². The number of benzene rings is 1. The van der Waals surface area contributed by atoms with Gasteiger partial charge in [-0.05, 0) is 12.1 Å². The molecule has 2 N–H and O–H groups in total. The number of aliphatic imine (C=N–C) groups is 1. The number of halogens is 3. The molecular formula is C10H12Cl3N3. The first kappa shape index (κ1) is 13.4. The summed E-state index contributed by atoms with van der Waals surface area (Å²) in [5.74, 6) is 0.964. The first-order chi connectivity index (χ1) is 7.27. The molecule has 2 rings (SSSR count). The van der Waals surface area contributed by atoms with Gasteiger partial charge in [-0.25, -0.2) is 0 Å². The van der Waals surface area contributed by atoms with Crippen molar-refractivity contribution in [3.05, 3.63) is 28.2 Å². The number of amidine groups is 1. The minimum atomic E-state index is 0. The van der Waals surface area contributed by atoms with Gasteiger partial charge in [0.2, 0.25) is 0 Å². The Hall–Kier alpha value is -0.640. The van der Waals surface area contributed by atoms with Gasteiger partial charge in [0.05, 0.1) is 28.8 Å². The van der Waals surface area contributed by atoms with Gasteiger partial charge >= 0.3 is 0 Å². The van der Waals surface area contributed by atoms with Crippen LogP contribution in [0.1, 0.15) is 0 Å². The molecule has 1 aliphatic rings. The molecule has 0 atom stereocenters. The van der Waals surface area contributed by atoms with Gasteiger partial charge in [-0.1, -0.05) is 29.3 Å². The highest BCUT2D eigenvalue weighted by Gasteiger charge is 2.07. The van der Waals surface area contributed by atoms with E-state index in [1.807, 2.05) is 12.1 Å². The zero-order chi connectivity index (χ0) is 10.7. The minimum Gasteiger partial charge on any atom is -0.377 e. The molecular weight excluding hydrogens is 268 g/mol. The van der Waals surface area contributed by atoms with Gasteiger partial charge < -0.3 is 10.6 Å². The fourth-order valence-corrected chi connectivity index (χ4v) is 1.75. The van der Waals surface area contributed by atoms with Crippen LogP contribution in [0, 0.1) is 0 Å². The normalized spacial score (nSPS) is 13.8. The van der Waals surface area contributed by atoms with Crippen LogP contribution in [0.4, 0.5) is 5.69 Å². The molecule has 1 heterocycles. The fraction of sp³-hybridized carbons (Fsp3) is 0.300. The topological polar surface area (TPSA) is 36.4 Å².